The maximum absolute atomic E-state index is 11.0. The normalized spacial score (nSPS) is 20.0. The Labute approximate surface area is 138 Å². The Morgan fingerprint density at radius 2 is 2.04 bits per heavy atom. The fraction of sp³-hybridized carbons (Fsp3) is 0.526. The van der Waals surface area contributed by atoms with Crippen LogP contribution in [0.5, 0.6) is 0 Å². The molecule has 124 valence electrons. The van der Waals surface area contributed by atoms with Crippen LogP contribution in [0, 0.1) is 0 Å². The van der Waals surface area contributed by atoms with Crippen LogP contribution in [0.3, 0.4) is 0 Å². The van der Waals surface area contributed by atoms with Crippen molar-refractivity contribution in [3.63, 3.8) is 0 Å². The number of benzene rings is 1. The van der Waals surface area contributed by atoms with Gasteiger partial charge in [-0.05, 0) is 36.8 Å². The number of rotatable bonds is 6. The first-order valence-corrected chi connectivity index (χ1v) is 8.64. The lowest BCUT2D eigenvalue weighted by molar-refractivity contribution is 0.0384. The van der Waals surface area contributed by atoms with Gasteiger partial charge < -0.3 is 10.4 Å². The van der Waals surface area contributed by atoms with E-state index < -0.39 is 5.60 Å². The minimum Gasteiger partial charge on any atom is -0.384 e. The van der Waals surface area contributed by atoms with Gasteiger partial charge in [-0.2, -0.15) is 5.10 Å². The van der Waals surface area contributed by atoms with Crippen LogP contribution in [0.25, 0.3) is 0 Å². The highest BCUT2D eigenvalue weighted by Crippen LogP contribution is 2.36. The average Bonchev–Trinajstić information content (AvgIpc) is 3.06. The molecule has 2 N–H and O–H groups in total. The van der Waals surface area contributed by atoms with Gasteiger partial charge in [0, 0.05) is 31.4 Å². The van der Waals surface area contributed by atoms with E-state index in [2.05, 4.69) is 42.5 Å². The van der Waals surface area contributed by atoms with E-state index in [4.69, 9.17) is 0 Å². The number of fused-ring (bicyclic) bond motifs is 1. The Morgan fingerprint density at radius 1 is 1.26 bits per heavy atom. The van der Waals surface area contributed by atoms with Crippen molar-refractivity contribution in [3.8, 4) is 0 Å². The second-order valence-corrected chi connectivity index (χ2v) is 6.49. The summed E-state index contributed by atoms with van der Waals surface area (Å²) >= 11 is 0. The molecule has 3 rings (SSSR count). The average molecular weight is 313 g/mol. The number of nitrogens with one attached hydrogen (secondary N) is 1. The summed E-state index contributed by atoms with van der Waals surface area (Å²) in [6.45, 7) is 5.67. The second kappa shape index (κ2) is 6.46. The minimum atomic E-state index is -0.739. The van der Waals surface area contributed by atoms with Gasteiger partial charge in [0.05, 0.1) is 5.69 Å². The molecule has 0 amide bonds. The Hall–Kier alpha value is -1.65. The summed E-state index contributed by atoms with van der Waals surface area (Å²) in [4.78, 5) is 0. The molecule has 1 aromatic heterocycles. The van der Waals surface area contributed by atoms with E-state index in [1.165, 1.54) is 16.8 Å². The quantitative estimate of drug-likeness (QED) is 0.861. The molecular formula is C19H27N3O. The van der Waals surface area contributed by atoms with Crippen LogP contribution in [0.15, 0.2) is 24.3 Å². The van der Waals surface area contributed by atoms with E-state index in [0.717, 1.165) is 43.5 Å². The first-order valence-electron chi connectivity index (χ1n) is 8.64. The third-order valence-corrected chi connectivity index (χ3v) is 5.07. The lowest BCUT2D eigenvalue weighted by atomic mass is 9.96. The molecule has 4 nitrogen and oxygen atoms in total. The molecule has 0 spiro atoms. The van der Waals surface area contributed by atoms with Gasteiger partial charge in [0.2, 0.25) is 0 Å². The molecule has 1 atom stereocenters. The third-order valence-electron chi connectivity index (χ3n) is 5.07. The lowest BCUT2D eigenvalue weighted by Gasteiger charge is -2.24. The topological polar surface area (TPSA) is 50.1 Å². The number of aromatic nitrogens is 2. The Bertz CT molecular complexity index is 692. The smallest absolute Gasteiger partial charge is 0.103 e. The fourth-order valence-electron chi connectivity index (χ4n) is 3.84. The molecule has 0 bridgehead atoms. The van der Waals surface area contributed by atoms with Crippen molar-refractivity contribution in [2.45, 2.75) is 51.7 Å². The first kappa shape index (κ1) is 16.2. The van der Waals surface area contributed by atoms with E-state index in [-0.39, 0.29) is 0 Å². The SMILES string of the molecule is CCc1nn(C)c(CC)c1CNCC1(O)CCc2ccccc21. The number of hydrogen-bond donors (Lipinski definition) is 2. The molecule has 1 aromatic carbocycles. The third kappa shape index (κ3) is 2.93. The second-order valence-electron chi connectivity index (χ2n) is 6.49. The van der Waals surface area contributed by atoms with Crippen molar-refractivity contribution in [3.05, 3.63) is 52.3 Å². The van der Waals surface area contributed by atoms with E-state index >= 15 is 0 Å². The van der Waals surface area contributed by atoms with Crippen molar-refractivity contribution in [1.82, 2.24) is 15.1 Å². The zero-order chi connectivity index (χ0) is 16.4. The van der Waals surface area contributed by atoms with Crippen LogP contribution >= 0.6 is 0 Å². The highest BCUT2D eigenvalue weighted by Gasteiger charge is 2.35. The molecule has 4 heteroatoms. The van der Waals surface area contributed by atoms with Crippen LogP contribution in [0.2, 0.25) is 0 Å². The van der Waals surface area contributed by atoms with Gasteiger partial charge >= 0.3 is 0 Å². The molecule has 23 heavy (non-hydrogen) atoms. The van der Waals surface area contributed by atoms with Crippen LogP contribution in [0.4, 0.5) is 0 Å². The Kier molecular flexibility index (Phi) is 4.55. The highest BCUT2D eigenvalue weighted by atomic mass is 16.3. The van der Waals surface area contributed by atoms with Crippen molar-refractivity contribution in [2.75, 3.05) is 6.54 Å². The summed E-state index contributed by atoms with van der Waals surface area (Å²) in [5.41, 5.74) is 5.38. The summed E-state index contributed by atoms with van der Waals surface area (Å²) in [7, 11) is 2.02. The molecule has 0 saturated carbocycles. The van der Waals surface area contributed by atoms with E-state index in [9.17, 15) is 5.11 Å². The standard InChI is InChI=1S/C19H27N3O/c1-4-17-15(18(5-2)22(3)21-17)12-20-13-19(23)11-10-14-8-6-7-9-16(14)19/h6-9,20,23H,4-5,10-13H2,1-3H3. The van der Waals surface area contributed by atoms with Gasteiger partial charge in [-0.25, -0.2) is 0 Å². The molecule has 1 heterocycles. The van der Waals surface area contributed by atoms with Gasteiger partial charge in [-0.3, -0.25) is 4.68 Å². The molecular weight excluding hydrogens is 286 g/mol. The van der Waals surface area contributed by atoms with Crippen LogP contribution < -0.4 is 5.32 Å². The number of nitrogens with zero attached hydrogens (tertiary/aromatic N) is 2. The maximum atomic E-state index is 11.0. The number of hydrogen-bond acceptors (Lipinski definition) is 3. The molecule has 0 saturated heterocycles. The summed E-state index contributed by atoms with van der Waals surface area (Å²) in [6, 6.07) is 8.25. The molecule has 0 aliphatic heterocycles. The number of aliphatic hydroxyl groups is 1. The van der Waals surface area contributed by atoms with Crippen LogP contribution in [-0.4, -0.2) is 21.4 Å². The summed E-state index contributed by atoms with van der Waals surface area (Å²) in [5.74, 6) is 0. The van der Waals surface area contributed by atoms with Crippen molar-refractivity contribution in [1.29, 1.82) is 0 Å². The monoisotopic (exact) mass is 313 g/mol. The van der Waals surface area contributed by atoms with Gasteiger partial charge in [0.1, 0.15) is 5.60 Å². The zero-order valence-electron chi connectivity index (χ0n) is 14.4. The predicted octanol–water partition coefficient (Wildman–Crippen LogP) is 2.47. The molecule has 0 radical (unpaired) electrons. The molecule has 1 unspecified atom stereocenters. The maximum Gasteiger partial charge on any atom is 0.103 e. The largest absolute Gasteiger partial charge is 0.384 e. The van der Waals surface area contributed by atoms with Crippen molar-refractivity contribution in [2.24, 2.45) is 7.05 Å². The summed E-state index contributed by atoms with van der Waals surface area (Å²) in [6.07, 6.45) is 3.68. The molecule has 1 aliphatic carbocycles. The van der Waals surface area contributed by atoms with Crippen molar-refractivity contribution < 1.29 is 5.11 Å². The van der Waals surface area contributed by atoms with Gasteiger partial charge in [0.25, 0.3) is 0 Å². The zero-order valence-corrected chi connectivity index (χ0v) is 14.4. The summed E-state index contributed by atoms with van der Waals surface area (Å²) in [5, 5.41) is 19.1. The van der Waals surface area contributed by atoms with E-state index in [0.29, 0.717) is 6.54 Å². The predicted molar refractivity (Wildman–Crippen MR) is 92.3 cm³/mol. The minimum absolute atomic E-state index is 0.589. The highest BCUT2D eigenvalue weighted by molar-refractivity contribution is 5.37. The molecule has 2 aromatic rings. The fourth-order valence-corrected chi connectivity index (χ4v) is 3.84. The van der Waals surface area contributed by atoms with Gasteiger partial charge in [0.15, 0.2) is 0 Å². The molecule has 0 fully saturated rings. The lowest BCUT2D eigenvalue weighted by Crippen LogP contribution is -2.36. The van der Waals surface area contributed by atoms with Crippen LogP contribution in [0.1, 0.15) is 48.3 Å². The van der Waals surface area contributed by atoms with Gasteiger partial charge in [-0.15, -0.1) is 0 Å². The van der Waals surface area contributed by atoms with Gasteiger partial charge in [-0.1, -0.05) is 38.1 Å². The molecule has 1 aliphatic rings. The number of aryl methyl sites for hydroxylation is 3. The van der Waals surface area contributed by atoms with E-state index in [1.54, 1.807) is 0 Å². The first-order chi connectivity index (χ1) is 11.1. The Balaban J connectivity index is 1.71. The van der Waals surface area contributed by atoms with Crippen molar-refractivity contribution >= 4 is 0 Å². The van der Waals surface area contributed by atoms with Crippen LogP contribution in [-0.2, 0) is 38.5 Å². The summed E-state index contributed by atoms with van der Waals surface area (Å²) < 4.78 is 2.00. The van der Waals surface area contributed by atoms with E-state index in [1.807, 2.05) is 17.8 Å². The Morgan fingerprint density at radius 3 is 2.78 bits per heavy atom.